The Hall–Kier alpha value is -2.51. The standard InChI is InChI=1S/C67H106O32/c1-26(2)12-11-17-66(8)36-15-19-65(7)28-13-14-35-63(4,5)38(16-18-64(35,6)29(28)20-37(72)67(36,65)62(84)99-66)94-61-55(43(77)34(25-87-61)93-57-48(82)53(41(75)32(23-70)89-57)96-58-46(80)51(85-9)39(73)30(21-68)90-58)98-56-45(79)44(78)50(27(3)88-56)95-60-49(83)54(42(76)33(24-71)92-60)97-59-47(81)52(86-10)40(74)31(22-69)91-59/h11-12,20,27-28,30-61,68-83H,1,13-19,21-25H2,2-10H3. The number of hydrogen-bond donors (Lipinski definition) is 16. The summed E-state index contributed by atoms with van der Waals surface area (Å²) in [5, 5.41) is 180. The van der Waals surface area contributed by atoms with E-state index in [4.69, 9.17) is 71.1 Å². The lowest BCUT2D eigenvalue weighted by atomic mass is 9.40. The topological polar surface area (TPSA) is 479 Å². The summed E-state index contributed by atoms with van der Waals surface area (Å²) in [5.41, 5.74) is -1.94. The van der Waals surface area contributed by atoms with E-state index in [0.29, 0.717) is 44.9 Å². The van der Waals surface area contributed by atoms with E-state index >= 15 is 0 Å². The molecule has 0 aromatic carbocycles. The molecule has 0 aromatic heterocycles. The van der Waals surface area contributed by atoms with E-state index in [1.165, 1.54) is 21.1 Å². The highest BCUT2D eigenvalue weighted by Crippen LogP contribution is 2.76. The summed E-state index contributed by atoms with van der Waals surface area (Å²) in [6, 6.07) is 0. The van der Waals surface area contributed by atoms with Crippen LogP contribution in [0.4, 0.5) is 0 Å². The van der Waals surface area contributed by atoms with Gasteiger partial charge in [-0.25, -0.2) is 0 Å². The zero-order valence-electron chi connectivity index (χ0n) is 57.2. The van der Waals surface area contributed by atoms with Gasteiger partial charge in [-0.05, 0) is 87.4 Å². The molecule has 7 aliphatic heterocycles. The van der Waals surface area contributed by atoms with Gasteiger partial charge in [-0.2, -0.15) is 0 Å². The first-order chi connectivity index (χ1) is 46.8. The van der Waals surface area contributed by atoms with Gasteiger partial charge >= 0.3 is 5.97 Å². The minimum absolute atomic E-state index is 0.0693. The van der Waals surface area contributed by atoms with Gasteiger partial charge in [0.25, 0.3) is 0 Å². The average molecular weight is 1420 g/mol. The van der Waals surface area contributed by atoms with Gasteiger partial charge in [0.15, 0.2) is 37.7 Å². The highest BCUT2D eigenvalue weighted by Gasteiger charge is 2.79. The molecule has 16 N–H and O–H groups in total. The molecule has 1 spiro atoms. The van der Waals surface area contributed by atoms with Gasteiger partial charge in [0.1, 0.15) is 145 Å². The molecule has 7 heterocycles. The number of allylic oxidation sites excluding steroid dienone is 3. The van der Waals surface area contributed by atoms with Crippen molar-refractivity contribution in [2.24, 2.45) is 39.4 Å². The monoisotopic (exact) mass is 1420 g/mol. The van der Waals surface area contributed by atoms with Crippen LogP contribution in [-0.2, 0) is 75.8 Å². The lowest BCUT2D eigenvalue weighted by molar-refractivity contribution is -0.397. The molecule has 99 heavy (non-hydrogen) atoms. The first-order valence-corrected chi connectivity index (χ1v) is 34.5. The molecule has 10 fully saturated rings. The molecule has 0 amide bonds. The minimum Gasteiger partial charge on any atom is -0.458 e. The molecule has 32 heteroatoms. The Labute approximate surface area is 573 Å². The van der Waals surface area contributed by atoms with Crippen molar-refractivity contribution in [1.82, 2.24) is 0 Å². The van der Waals surface area contributed by atoms with Crippen LogP contribution in [0.5, 0.6) is 0 Å². The van der Waals surface area contributed by atoms with E-state index in [2.05, 4.69) is 34.3 Å². The minimum atomic E-state index is -2.09. The average Bonchev–Trinajstić information content (AvgIpc) is 1.51. The molecule has 0 aromatic rings. The van der Waals surface area contributed by atoms with Crippen LogP contribution in [0.2, 0.25) is 0 Å². The van der Waals surface area contributed by atoms with E-state index < -0.39 is 251 Å². The summed E-state index contributed by atoms with van der Waals surface area (Å²) in [5.74, 6) is -0.803. The first kappa shape index (κ1) is 77.6. The van der Waals surface area contributed by atoms with Crippen LogP contribution < -0.4 is 0 Å². The molecule has 38 atom stereocenters. The van der Waals surface area contributed by atoms with Crippen LogP contribution in [0.1, 0.15) is 93.4 Å². The maximum atomic E-state index is 14.6. The van der Waals surface area contributed by atoms with Crippen molar-refractivity contribution in [3.05, 3.63) is 36.0 Å². The maximum absolute atomic E-state index is 14.6. The number of aliphatic hydroxyl groups excluding tert-OH is 16. The number of hydrogen-bond acceptors (Lipinski definition) is 32. The molecule has 4 aliphatic carbocycles. The number of cyclic esters (lactones) is 1. The van der Waals surface area contributed by atoms with Crippen molar-refractivity contribution in [2.75, 3.05) is 47.3 Å². The number of aliphatic hydroxyl groups is 16. The second-order valence-electron chi connectivity index (χ2n) is 30.4. The summed E-state index contributed by atoms with van der Waals surface area (Å²) in [7, 11) is 2.36. The number of methoxy groups -OCH3 is 2. The number of ether oxygens (including phenoxy) is 15. The molecule has 38 unspecified atom stereocenters. The zero-order chi connectivity index (χ0) is 72.1. The second kappa shape index (κ2) is 30.0. The summed E-state index contributed by atoms with van der Waals surface area (Å²) < 4.78 is 90.1. The third-order valence-electron chi connectivity index (χ3n) is 24.3. The molecule has 11 rings (SSSR count). The Morgan fingerprint density at radius 1 is 0.535 bits per heavy atom. The van der Waals surface area contributed by atoms with Crippen LogP contribution in [0.25, 0.3) is 0 Å². The van der Waals surface area contributed by atoms with Crippen LogP contribution in [0.15, 0.2) is 36.0 Å². The molecular formula is C67H106O32. The second-order valence-corrected chi connectivity index (χ2v) is 30.4. The molecule has 32 nitrogen and oxygen atoms in total. The van der Waals surface area contributed by atoms with E-state index in [-0.39, 0.29) is 23.7 Å². The normalized spacial score (nSPS) is 52.9. The quantitative estimate of drug-likeness (QED) is 0.0224. The fraction of sp³-hybridized carbons (Fsp3) is 0.896. The number of carbonyl (C=O) groups is 1. The number of rotatable bonds is 21. The fourth-order valence-electron chi connectivity index (χ4n) is 19.0. The van der Waals surface area contributed by atoms with Crippen LogP contribution in [-0.4, -0.2) is 331 Å². The Bertz CT molecular complexity index is 2840. The highest BCUT2D eigenvalue weighted by atomic mass is 16.8. The van der Waals surface area contributed by atoms with E-state index in [9.17, 15) is 86.5 Å². The largest absolute Gasteiger partial charge is 0.458 e. The summed E-state index contributed by atoms with van der Waals surface area (Å²) in [6.07, 6.45) is -41.1. The van der Waals surface area contributed by atoms with Gasteiger partial charge in [-0.15, -0.1) is 0 Å². The summed E-state index contributed by atoms with van der Waals surface area (Å²) in [4.78, 5) is 14.6. The van der Waals surface area contributed by atoms with E-state index in [1.807, 2.05) is 32.1 Å². The van der Waals surface area contributed by atoms with Crippen molar-refractivity contribution in [3.63, 3.8) is 0 Å². The Balaban J connectivity index is 0.841. The van der Waals surface area contributed by atoms with Crippen molar-refractivity contribution in [2.45, 2.75) is 289 Å². The highest BCUT2D eigenvalue weighted by molar-refractivity contribution is 5.84. The molecule has 0 bridgehead atoms. The van der Waals surface area contributed by atoms with Crippen molar-refractivity contribution in [1.29, 1.82) is 0 Å². The Morgan fingerprint density at radius 2 is 1.01 bits per heavy atom. The number of carbonyl (C=O) groups excluding carboxylic acids is 1. The fourth-order valence-corrected chi connectivity index (χ4v) is 19.0. The lowest BCUT2D eigenvalue weighted by Gasteiger charge is -2.64. The predicted octanol–water partition coefficient (Wildman–Crippen LogP) is -4.34. The van der Waals surface area contributed by atoms with Gasteiger partial charge in [-0.3, -0.25) is 4.79 Å². The SMILES string of the molecule is C=C(C)C=CCC1(C)OC(=O)C23C(O)C=C4C(CCC5C4(C)CCC(OC4OCC(OC6OC(CO)C(O)C(OC7OC(CO)C(O)C(OC)C7O)C6O)C(O)C4OC4OC(C)C(OC6OC(CO)C(O)C(OC7OC(CO)C(O)C(OC)C7O)C6O)C(O)C4O)C5(C)C)C2(C)CCC13. The van der Waals surface area contributed by atoms with Crippen molar-refractivity contribution in [3.8, 4) is 0 Å². The van der Waals surface area contributed by atoms with Gasteiger partial charge in [0, 0.05) is 26.6 Å². The number of fused-ring (bicyclic) bond motifs is 4. The number of esters is 1. The third kappa shape index (κ3) is 13.3. The molecule has 11 aliphatic rings. The molecular weight excluding hydrogens is 1320 g/mol. The lowest BCUT2D eigenvalue weighted by Crippen LogP contribution is -2.67. The predicted molar refractivity (Wildman–Crippen MR) is 332 cm³/mol. The molecule has 566 valence electrons. The van der Waals surface area contributed by atoms with Gasteiger partial charge in [0.05, 0.1) is 51.3 Å². The van der Waals surface area contributed by atoms with Crippen molar-refractivity contribution >= 4 is 5.97 Å². The van der Waals surface area contributed by atoms with E-state index in [1.54, 1.807) is 0 Å². The Morgan fingerprint density at radius 3 is 1.52 bits per heavy atom. The smallest absolute Gasteiger partial charge is 0.316 e. The molecule has 0 radical (unpaired) electrons. The van der Waals surface area contributed by atoms with E-state index in [0.717, 1.165) is 11.1 Å². The maximum Gasteiger partial charge on any atom is 0.316 e. The zero-order valence-corrected chi connectivity index (χ0v) is 57.2. The van der Waals surface area contributed by atoms with Gasteiger partial charge in [-0.1, -0.05) is 63.6 Å². The van der Waals surface area contributed by atoms with Crippen LogP contribution in [0.3, 0.4) is 0 Å². The first-order valence-electron chi connectivity index (χ1n) is 34.5. The Kier molecular flexibility index (Phi) is 23.5. The van der Waals surface area contributed by atoms with Crippen LogP contribution >= 0.6 is 0 Å². The molecule has 7 saturated heterocycles. The molecule has 3 saturated carbocycles. The van der Waals surface area contributed by atoms with Crippen LogP contribution in [0, 0.1) is 39.4 Å². The van der Waals surface area contributed by atoms with Gasteiger partial charge < -0.3 is 153 Å². The summed E-state index contributed by atoms with van der Waals surface area (Å²) in [6.45, 7) is 13.9. The summed E-state index contributed by atoms with van der Waals surface area (Å²) >= 11 is 0. The van der Waals surface area contributed by atoms with Gasteiger partial charge in [0.2, 0.25) is 0 Å². The third-order valence-corrected chi connectivity index (χ3v) is 24.3. The van der Waals surface area contributed by atoms with Crippen molar-refractivity contribution < 1.29 is 158 Å².